The van der Waals surface area contributed by atoms with Crippen molar-refractivity contribution in [2.24, 2.45) is 0 Å². The van der Waals surface area contributed by atoms with Gasteiger partial charge in [0.2, 0.25) is 10.0 Å². The number of rotatable bonds is 3. The minimum absolute atomic E-state index is 0.0471. The average Bonchev–Trinajstić information content (AvgIpc) is 2.77. The van der Waals surface area contributed by atoms with Crippen molar-refractivity contribution in [3.05, 3.63) is 0 Å². The van der Waals surface area contributed by atoms with E-state index in [9.17, 15) is 21.9 Å². The number of aliphatic hydroxyl groups is 1. The van der Waals surface area contributed by atoms with Crippen molar-refractivity contribution in [2.45, 2.75) is 37.0 Å². The topological polar surface area (TPSA) is 91.8 Å². The molecule has 0 saturated carbocycles. The second kappa shape index (κ2) is 5.07. The predicted octanol–water partition coefficient (Wildman–Crippen LogP) is -0.650. The largest absolute Gasteiger partial charge is 0.395 e. The Morgan fingerprint density at radius 3 is 2.33 bits per heavy atom. The number of hydrogen-bond donors (Lipinski definition) is 1. The summed E-state index contributed by atoms with van der Waals surface area (Å²) in [6.07, 6.45) is 1.80. The molecule has 2 heterocycles. The Labute approximate surface area is 108 Å². The lowest BCUT2D eigenvalue weighted by atomic mass is 10.2. The van der Waals surface area contributed by atoms with Gasteiger partial charge >= 0.3 is 0 Å². The second-order valence-corrected chi connectivity index (χ2v) is 9.45. The van der Waals surface area contributed by atoms with Gasteiger partial charge in [0.15, 0.2) is 0 Å². The fourth-order valence-electron chi connectivity index (χ4n) is 2.68. The van der Waals surface area contributed by atoms with Gasteiger partial charge in [-0.05, 0) is 25.7 Å². The van der Waals surface area contributed by atoms with Gasteiger partial charge < -0.3 is 5.11 Å². The van der Waals surface area contributed by atoms with Gasteiger partial charge in [-0.3, -0.25) is 0 Å². The van der Waals surface area contributed by atoms with Crippen molar-refractivity contribution in [1.82, 2.24) is 4.31 Å². The first kappa shape index (κ1) is 14.2. The third-order valence-corrected chi connectivity index (χ3v) is 7.95. The third-order valence-electron chi connectivity index (χ3n) is 3.78. The molecule has 0 unspecified atom stereocenters. The summed E-state index contributed by atoms with van der Waals surface area (Å²) >= 11 is 0. The zero-order valence-electron chi connectivity index (χ0n) is 10.2. The Balaban J connectivity index is 2.12. The van der Waals surface area contributed by atoms with Gasteiger partial charge in [0.1, 0.15) is 9.84 Å². The average molecular weight is 297 g/mol. The molecule has 0 bridgehead atoms. The fraction of sp³-hybridized carbons (Fsp3) is 1.00. The Hall–Kier alpha value is -0.180. The van der Waals surface area contributed by atoms with E-state index < -0.39 is 25.1 Å². The first-order chi connectivity index (χ1) is 8.37. The van der Waals surface area contributed by atoms with Crippen LogP contribution in [-0.2, 0) is 19.9 Å². The normalized spacial score (nSPS) is 30.6. The maximum atomic E-state index is 12.4. The molecule has 0 amide bonds. The fourth-order valence-corrected chi connectivity index (χ4v) is 6.66. The van der Waals surface area contributed by atoms with Gasteiger partial charge in [-0.25, -0.2) is 16.8 Å². The number of sulfonamides is 1. The predicted molar refractivity (Wildman–Crippen MR) is 67.4 cm³/mol. The van der Waals surface area contributed by atoms with E-state index in [4.69, 9.17) is 0 Å². The quantitative estimate of drug-likeness (QED) is 0.747. The van der Waals surface area contributed by atoms with Gasteiger partial charge in [0.05, 0.1) is 23.4 Å². The van der Waals surface area contributed by atoms with Crippen LogP contribution in [0.3, 0.4) is 0 Å². The van der Waals surface area contributed by atoms with Crippen LogP contribution in [-0.4, -0.2) is 62.2 Å². The summed E-state index contributed by atoms with van der Waals surface area (Å²) in [7, 11) is -6.52. The van der Waals surface area contributed by atoms with E-state index in [2.05, 4.69) is 0 Å². The third kappa shape index (κ3) is 2.71. The summed E-state index contributed by atoms with van der Waals surface area (Å²) < 4.78 is 48.8. The smallest absolute Gasteiger partial charge is 0.217 e. The lowest BCUT2D eigenvalue weighted by Gasteiger charge is -2.29. The highest BCUT2D eigenvalue weighted by atomic mass is 32.2. The molecule has 0 aliphatic carbocycles. The van der Waals surface area contributed by atoms with Gasteiger partial charge in [-0.15, -0.1) is 0 Å². The van der Waals surface area contributed by atoms with Crippen LogP contribution in [0, 0.1) is 0 Å². The molecule has 18 heavy (non-hydrogen) atoms. The van der Waals surface area contributed by atoms with Crippen LogP contribution < -0.4 is 0 Å². The Bertz CT molecular complexity index is 484. The Morgan fingerprint density at radius 2 is 1.78 bits per heavy atom. The first-order valence-electron chi connectivity index (χ1n) is 6.19. The van der Waals surface area contributed by atoms with E-state index in [0.29, 0.717) is 13.0 Å². The number of sulfone groups is 1. The van der Waals surface area contributed by atoms with E-state index in [1.54, 1.807) is 0 Å². The molecule has 2 aliphatic heterocycles. The summed E-state index contributed by atoms with van der Waals surface area (Å²) in [4.78, 5) is 0. The van der Waals surface area contributed by atoms with Crippen LogP contribution in [0.1, 0.15) is 25.7 Å². The summed E-state index contributed by atoms with van der Waals surface area (Å²) in [5, 5.41) is 8.58. The van der Waals surface area contributed by atoms with Crippen LogP contribution in [0.5, 0.6) is 0 Å². The number of nitrogens with zero attached hydrogens (tertiary/aromatic N) is 1. The van der Waals surface area contributed by atoms with Crippen molar-refractivity contribution in [3.63, 3.8) is 0 Å². The molecule has 106 valence electrons. The molecular weight excluding hydrogens is 278 g/mol. The molecule has 1 N–H and O–H groups in total. The van der Waals surface area contributed by atoms with Crippen molar-refractivity contribution in [2.75, 3.05) is 24.7 Å². The lowest BCUT2D eigenvalue weighted by molar-refractivity contribution is 0.212. The Morgan fingerprint density at radius 1 is 1.17 bits per heavy atom. The molecule has 0 aromatic heterocycles. The first-order valence-corrected chi connectivity index (χ1v) is 9.51. The van der Waals surface area contributed by atoms with Crippen LogP contribution in [0.15, 0.2) is 0 Å². The molecule has 6 nitrogen and oxygen atoms in total. The summed E-state index contributed by atoms with van der Waals surface area (Å²) in [6.45, 7) is 0.279. The van der Waals surface area contributed by atoms with Crippen LogP contribution in [0.2, 0.25) is 0 Å². The Kier molecular flexibility index (Phi) is 4.01. The molecule has 2 rings (SSSR count). The van der Waals surface area contributed by atoms with Crippen LogP contribution >= 0.6 is 0 Å². The summed E-state index contributed by atoms with van der Waals surface area (Å²) in [5.41, 5.74) is 0. The number of hydrogen-bond acceptors (Lipinski definition) is 5. The summed E-state index contributed by atoms with van der Waals surface area (Å²) in [5.74, 6) is -0.0942. The van der Waals surface area contributed by atoms with Crippen LogP contribution in [0.4, 0.5) is 0 Å². The van der Waals surface area contributed by atoms with Crippen molar-refractivity contribution in [3.8, 4) is 0 Å². The van der Waals surface area contributed by atoms with Gasteiger partial charge in [0, 0.05) is 12.6 Å². The van der Waals surface area contributed by atoms with E-state index in [0.717, 1.165) is 6.42 Å². The molecule has 0 aromatic rings. The molecule has 2 aliphatic rings. The minimum atomic E-state index is -3.46. The van der Waals surface area contributed by atoms with Crippen LogP contribution in [0.25, 0.3) is 0 Å². The highest BCUT2D eigenvalue weighted by Gasteiger charge is 2.41. The van der Waals surface area contributed by atoms with Gasteiger partial charge in [-0.2, -0.15) is 4.31 Å². The van der Waals surface area contributed by atoms with E-state index >= 15 is 0 Å². The van der Waals surface area contributed by atoms with E-state index in [1.165, 1.54) is 4.31 Å². The molecule has 0 aromatic carbocycles. The zero-order chi connectivity index (χ0) is 13.4. The molecule has 2 saturated heterocycles. The van der Waals surface area contributed by atoms with E-state index in [-0.39, 0.29) is 37.0 Å². The van der Waals surface area contributed by atoms with Gasteiger partial charge in [0.25, 0.3) is 0 Å². The SMILES string of the molecule is O=S1(=O)CCC(S(=O)(=O)N2CCC[C@H]2CO)CC1. The molecule has 8 heteroatoms. The lowest BCUT2D eigenvalue weighted by Crippen LogP contribution is -2.45. The molecule has 2 fully saturated rings. The van der Waals surface area contributed by atoms with E-state index in [1.807, 2.05) is 0 Å². The minimum Gasteiger partial charge on any atom is -0.395 e. The standard InChI is InChI=1S/C10H19NO5S2/c12-8-9-2-1-5-11(9)18(15,16)10-3-6-17(13,14)7-4-10/h9-10,12H,1-8H2/t9-/m0/s1. The monoisotopic (exact) mass is 297 g/mol. The van der Waals surface area contributed by atoms with Crippen molar-refractivity contribution < 1.29 is 21.9 Å². The maximum absolute atomic E-state index is 12.4. The highest BCUT2D eigenvalue weighted by Crippen LogP contribution is 2.28. The molecular formula is C10H19NO5S2. The summed E-state index contributed by atoms with van der Waals surface area (Å²) in [6, 6.07) is -0.325. The van der Waals surface area contributed by atoms with Gasteiger partial charge in [-0.1, -0.05) is 0 Å². The highest BCUT2D eigenvalue weighted by molar-refractivity contribution is 7.92. The molecule has 1 atom stereocenters. The zero-order valence-corrected chi connectivity index (χ0v) is 11.8. The van der Waals surface area contributed by atoms with Crippen molar-refractivity contribution >= 4 is 19.9 Å². The number of aliphatic hydroxyl groups excluding tert-OH is 1. The molecule has 0 spiro atoms. The molecule has 0 radical (unpaired) electrons. The van der Waals surface area contributed by atoms with Crippen molar-refractivity contribution in [1.29, 1.82) is 0 Å². The second-order valence-electron chi connectivity index (χ2n) is 4.99. The maximum Gasteiger partial charge on any atom is 0.217 e.